The fraction of sp³-hybridized carbons (Fsp3) is 0.167. The van der Waals surface area contributed by atoms with E-state index < -0.39 is 17.5 Å². The van der Waals surface area contributed by atoms with Crippen molar-refractivity contribution in [1.82, 2.24) is 10.6 Å². The standard InChI is InChI=1S/C18H16ClN3O3/c19-13-8-4-5-9-14(13)20-15(23)10-11-18(12-6-2-1-3-7-12)16(24)21-17(25)22-18/h1-9H,10-11H2,(H,20,23)(H2,21,22,24,25). The molecule has 2 aromatic rings. The number of nitrogens with one attached hydrogen (secondary N) is 3. The van der Waals surface area contributed by atoms with E-state index in [0.29, 0.717) is 16.3 Å². The van der Waals surface area contributed by atoms with Gasteiger partial charge in [0.25, 0.3) is 5.91 Å². The van der Waals surface area contributed by atoms with Gasteiger partial charge in [-0.15, -0.1) is 0 Å². The molecule has 3 N–H and O–H groups in total. The number of hydrogen-bond donors (Lipinski definition) is 3. The first-order valence-electron chi connectivity index (χ1n) is 7.75. The molecule has 0 aromatic heterocycles. The van der Waals surface area contributed by atoms with Crippen molar-refractivity contribution in [3.8, 4) is 0 Å². The van der Waals surface area contributed by atoms with E-state index in [4.69, 9.17) is 11.6 Å². The van der Waals surface area contributed by atoms with Crippen molar-refractivity contribution in [1.29, 1.82) is 0 Å². The number of anilines is 1. The van der Waals surface area contributed by atoms with Crippen molar-refractivity contribution in [2.75, 3.05) is 5.32 Å². The molecule has 1 heterocycles. The zero-order chi connectivity index (χ0) is 17.9. The van der Waals surface area contributed by atoms with Crippen molar-refractivity contribution in [2.45, 2.75) is 18.4 Å². The van der Waals surface area contributed by atoms with Gasteiger partial charge in [0.05, 0.1) is 10.7 Å². The molecule has 1 aliphatic heterocycles. The molecule has 4 amide bonds. The molecule has 0 aliphatic carbocycles. The van der Waals surface area contributed by atoms with Crippen molar-refractivity contribution in [3.05, 3.63) is 65.2 Å². The van der Waals surface area contributed by atoms with Crippen LogP contribution in [0.3, 0.4) is 0 Å². The van der Waals surface area contributed by atoms with Gasteiger partial charge in [0.2, 0.25) is 5.91 Å². The number of carbonyl (C=O) groups is 3. The normalized spacial score (nSPS) is 19.2. The SMILES string of the molecule is O=C(CCC1(c2ccccc2)NC(=O)NC1=O)Nc1ccccc1Cl. The summed E-state index contributed by atoms with van der Waals surface area (Å²) in [7, 11) is 0. The first-order chi connectivity index (χ1) is 12.0. The Hall–Kier alpha value is -2.86. The van der Waals surface area contributed by atoms with E-state index in [0.717, 1.165) is 0 Å². The average Bonchev–Trinajstić information content (AvgIpc) is 2.90. The van der Waals surface area contributed by atoms with Gasteiger partial charge in [0, 0.05) is 6.42 Å². The molecule has 1 fully saturated rings. The van der Waals surface area contributed by atoms with E-state index in [1.807, 2.05) is 6.07 Å². The molecular formula is C18H16ClN3O3. The monoisotopic (exact) mass is 357 g/mol. The van der Waals surface area contributed by atoms with Crippen LogP contribution in [0.5, 0.6) is 0 Å². The summed E-state index contributed by atoms with van der Waals surface area (Å²) in [5, 5.41) is 8.05. The van der Waals surface area contributed by atoms with E-state index in [1.54, 1.807) is 48.5 Å². The topological polar surface area (TPSA) is 87.3 Å². The lowest BCUT2D eigenvalue weighted by atomic mass is 9.85. The summed E-state index contributed by atoms with van der Waals surface area (Å²) < 4.78 is 0. The first-order valence-corrected chi connectivity index (χ1v) is 8.12. The van der Waals surface area contributed by atoms with Crippen LogP contribution in [0.25, 0.3) is 0 Å². The summed E-state index contributed by atoms with van der Waals surface area (Å²) in [6, 6.07) is 15.2. The molecule has 1 saturated heterocycles. The van der Waals surface area contributed by atoms with Gasteiger partial charge in [0.15, 0.2) is 0 Å². The molecule has 128 valence electrons. The Bertz CT molecular complexity index is 825. The zero-order valence-electron chi connectivity index (χ0n) is 13.2. The molecule has 0 radical (unpaired) electrons. The second-order valence-corrected chi connectivity index (χ2v) is 6.11. The Morgan fingerprint density at radius 1 is 1.04 bits per heavy atom. The maximum Gasteiger partial charge on any atom is 0.322 e. The van der Waals surface area contributed by atoms with Gasteiger partial charge in [-0.25, -0.2) is 4.79 Å². The number of rotatable bonds is 5. The Kier molecular flexibility index (Phi) is 4.72. The number of halogens is 1. The van der Waals surface area contributed by atoms with Gasteiger partial charge >= 0.3 is 6.03 Å². The quantitative estimate of drug-likeness (QED) is 0.719. The minimum atomic E-state index is -1.25. The maximum absolute atomic E-state index is 12.4. The lowest BCUT2D eigenvalue weighted by molar-refractivity contribution is -0.125. The molecule has 1 aliphatic rings. The van der Waals surface area contributed by atoms with Crippen LogP contribution in [-0.4, -0.2) is 17.8 Å². The molecule has 0 bridgehead atoms. The van der Waals surface area contributed by atoms with E-state index in [2.05, 4.69) is 16.0 Å². The van der Waals surface area contributed by atoms with Crippen LogP contribution < -0.4 is 16.0 Å². The van der Waals surface area contributed by atoms with Gasteiger partial charge in [-0.05, 0) is 24.1 Å². The van der Waals surface area contributed by atoms with Crippen molar-refractivity contribution in [2.24, 2.45) is 0 Å². The smallest absolute Gasteiger partial charge is 0.322 e. The van der Waals surface area contributed by atoms with Gasteiger partial charge in [-0.2, -0.15) is 0 Å². The Labute approximate surface area is 149 Å². The first kappa shape index (κ1) is 17.0. The maximum atomic E-state index is 12.4. The predicted octanol–water partition coefficient (Wildman–Crippen LogP) is 2.79. The summed E-state index contributed by atoms with van der Waals surface area (Å²) in [6.45, 7) is 0. The third kappa shape index (κ3) is 3.49. The van der Waals surface area contributed by atoms with E-state index in [1.165, 1.54) is 0 Å². The summed E-state index contributed by atoms with van der Waals surface area (Å²) in [5.74, 6) is -0.758. The van der Waals surface area contributed by atoms with E-state index >= 15 is 0 Å². The number of amides is 4. The molecular weight excluding hydrogens is 342 g/mol. The highest BCUT2D eigenvalue weighted by atomic mass is 35.5. The molecule has 3 rings (SSSR count). The summed E-state index contributed by atoms with van der Waals surface area (Å²) in [5.41, 5.74) is -0.123. The van der Waals surface area contributed by atoms with Crippen LogP contribution in [0, 0.1) is 0 Å². The van der Waals surface area contributed by atoms with Crippen LogP contribution in [-0.2, 0) is 15.1 Å². The number of imide groups is 1. The van der Waals surface area contributed by atoms with Crippen LogP contribution in [0.2, 0.25) is 5.02 Å². The highest BCUT2D eigenvalue weighted by molar-refractivity contribution is 6.33. The largest absolute Gasteiger partial charge is 0.325 e. The fourth-order valence-electron chi connectivity index (χ4n) is 2.81. The fourth-order valence-corrected chi connectivity index (χ4v) is 3.00. The Balaban J connectivity index is 1.76. The molecule has 2 aromatic carbocycles. The van der Waals surface area contributed by atoms with Crippen LogP contribution >= 0.6 is 11.6 Å². The number of urea groups is 1. The molecule has 1 atom stereocenters. The van der Waals surface area contributed by atoms with Crippen LogP contribution in [0.1, 0.15) is 18.4 Å². The lowest BCUT2D eigenvalue weighted by Crippen LogP contribution is -2.44. The third-order valence-corrected chi connectivity index (χ3v) is 4.41. The van der Waals surface area contributed by atoms with Crippen LogP contribution in [0.15, 0.2) is 54.6 Å². The highest BCUT2D eigenvalue weighted by Gasteiger charge is 2.47. The number of para-hydroxylation sites is 1. The van der Waals surface area contributed by atoms with E-state index in [9.17, 15) is 14.4 Å². The molecule has 7 heteroatoms. The second-order valence-electron chi connectivity index (χ2n) is 5.71. The number of carbonyl (C=O) groups excluding carboxylic acids is 3. The number of benzene rings is 2. The average molecular weight is 358 g/mol. The Morgan fingerprint density at radius 3 is 2.36 bits per heavy atom. The van der Waals surface area contributed by atoms with Crippen molar-refractivity contribution < 1.29 is 14.4 Å². The molecule has 0 spiro atoms. The minimum absolute atomic E-state index is 0.0355. The summed E-state index contributed by atoms with van der Waals surface area (Å²) >= 11 is 6.03. The Morgan fingerprint density at radius 2 is 1.72 bits per heavy atom. The molecule has 6 nitrogen and oxygen atoms in total. The lowest BCUT2D eigenvalue weighted by Gasteiger charge is -2.26. The minimum Gasteiger partial charge on any atom is -0.325 e. The third-order valence-electron chi connectivity index (χ3n) is 4.08. The second kappa shape index (κ2) is 6.94. The molecule has 0 saturated carbocycles. The number of hydrogen-bond acceptors (Lipinski definition) is 3. The van der Waals surface area contributed by atoms with Gasteiger partial charge in [-0.1, -0.05) is 54.1 Å². The summed E-state index contributed by atoms with van der Waals surface area (Å²) in [6.07, 6.45) is 0.165. The van der Waals surface area contributed by atoms with Crippen molar-refractivity contribution >= 4 is 35.1 Å². The van der Waals surface area contributed by atoms with E-state index in [-0.39, 0.29) is 18.7 Å². The van der Waals surface area contributed by atoms with Gasteiger partial charge < -0.3 is 10.6 Å². The molecule has 1 unspecified atom stereocenters. The zero-order valence-corrected chi connectivity index (χ0v) is 14.0. The van der Waals surface area contributed by atoms with Crippen molar-refractivity contribution in [3.63, 3.8) is 0 Å². The predicted molar refractivity (Wildman–Crippen MR) is 94.1 cm³/mol. The molecule has 25 heavy (non-hydrogen) atoms. The summed E-state index contributed by atoms with van der Waals surface area (Å²) in [4.78, 5) is 36.3. The highest BCUT2D eigenvalue weighted by Crippen LogP contribution is 2.30. The van der Waals surface area contributed by atoms with Gasteiger partial charge in [-0.3, -0.25) is 14.9 Å². The van der Waals surface area contributed by atoms with Crippen LogP contribution in [0.4, 0.5) is 10.5 Å². The van der Waals surface area contributed by atoms with Gasteiger partial charge in [0.1, 0.15) is 5.54 Å².